The van der Waals surface area contributed by atoms with Crippen molar-refractivity contribution in [3.05, 3.63) is 0 Å². The van der Waals surface area contributed by atoms with Gasteiger partial charge in [0.1, 0.15) is 0 Å². The summed E-state index contributed by atoms with van der Waals surface area (Å²) in [7, 11) is 3.46. The summed E-state index contributed by atoms with van der Waals surface area (Å²) >= 11 is 1.76. The maximum atomic E-state index is 11.3. The SMILES string of the molecule is CN(C)C(=O)NCCN=C1NC(C(C)(C)C)CCS1. The molecule has 0 aromatic heterocycles. The minimum atomic E-state index is -0.0722. The van der Waals surface area contributed by atoms with E-state index in [0.717, 1.165) is 10.9 Å². The molecule has 1 saturated heterocycles. The number of carbonyl (C=O) groups is 1. The van der Waals surface area contributed by atoms with E-state index < -0.39 is 0 Å². The van der Waals surface area contributed by atoms with E-state index in [9.17, 15) is 4.79 Å². The van der Waals surface area contributed by atoms with Crippen LogP contribution in [0.15, 0.2) is 4.99 Å². The van der Waals surface area contributed by atoms with E-state index in [1.807, 2.05) is 0 Å². The first-order valence-corrected chi connectivity index (χ1v) is 7.68. The van der Waals surface area contributed by atoms with Crippen molar-refractivity contribution in [1.82, 2.24) is 15.5 Å². The van der Waals surface area contributed by atoms with Gasteiger partial charge >= 0.3 is 6.03 Å². The van der Waals surface area contributed by atoms with Crippen LogP contribution >= 0.6 is 11.8 Å². The Morgan fingerprint density at radius 3 is 2.79 bits per heavy atom. The van der Waals surface area contributed by atoms with Crippen molar-refractivity contribution < 1.29 is 4.79 Å². The quantitative estimate of drug-likeness (QED) is 0.777. The lowest BCUT2D eigenvalue weighted by Gasteiger charge is -2.35. The summed E-state index contributed by atoms with van der Waals surface area (Å²) in [5.74, 6) is 1.11. The van der Waals surface area contributed by atoms with Crippen LogP contribution < -0.4 is 10.6 Å². The van der Waals surface area contributed by atoms with Crippen molar-refractivity contribution in [3.63, 3.8) is 0 Å². The highest BCUT2D eigenvalue weighted by Gasteiger charge is 2.28. The lowest BCUT2D eigenvalue weighted by molar-refractivity contribution is 0.218. The zero-order valence-corrected chi connectivity index (χ0v) is 13.4. The van der Waals surface area contributed by atoms with Crippen molar-refractivity contribution in [1.29, 1.82) is 0 Å². The van der Waals surface area contributed by atoms with E-state index in [1.54, 1.807) is 25.9 Å². The maximum absolute atomic E-state index is 11.3. The third-order valence-corrected chi connectivity index (χ3v) is 4.00. The summed E-state index contributed by atoms with van der Waals surface area (Å²) in [5.41, 5.74) is 0.251. The van der Waals surface area contributed by atoms with Gasteiger partial charge in [0.2, 0.25) is 0 Å². The maximum Gasteiger partial charge on any atom is 0.316 e. The van der Waals surface area contributed by atoms with Crippen LogP contribution in [0.25, 0.3) is 0 Å². The molecule has 110 valence electrons. The van der Waals surface area contributed by atoms with Crippen LogP contribution in [0.5, 0.6) is 0 Å². The zero-order valence-electron chi connectivity index (χ0n) is 12.6. The van der Waals surface area contributed by atoms with Gasteiger partial charge < -0.3 is 15.5 Å². The molecule has 1 atom stereocenters. The molecule has 0 aromatic rings. The van der Waals surface area contributed by atoms with E-state index in [2.05, 4.69) is 36.4 Å². The first-order chi connectivity index (χ1) is 8.80. The number of nitrogens with zero attached hydrogens (tertiary/aromatic N) is 2. The van der Waals surface area contributed by atoms with Gasteiger partial charge in [0.05, 0.1) is 6.54 Å². The number of aliphatic imine (C=N–C) groups is 1. The Morgan fingerprint density at radius 1 is 1.53 bits per heavy atom. The molecule has 1 aliphatic rings. The summed E-state index contributed by atoms with van der Waals surface area (Å²) < 4.78 is 0. The van der Waals surface area contributed by atoms with E-state index in [1.165, 1.54) is 11.3 Å². The summed E-state index contributed by atoms with van der Waals surface area (Å²) in [5, 5.41) is 7.31. The Kier molecular flexibility index (Phi) is 5.97. The fourth-order valence-electron chi connectivity index (χ4n) is 1.76. The molecule has 0 saturated carbocycles. The van der Waals surface area contributed by atoms with E-state index in [4.69, 9.17) is 0 Å². The molecule has 6 heteroatoms. The molecule has 1 unspecified atom stereocenters. The second-order valence-electron chi connectivity index (χ2n) is 6.01. The van der Waals surface area contributed by atoms with Crippen LogP contribution in [0.4, 0.5) is 4.79 Å². The van der Waals surface area contributed by atoms with Gasteiger partial charge in [0.25, 0.3) is 0 Å². The van der Waals surface area contributed by atoms with Gasteiger partial charge in [-0.1, -0.05) is 32.5 Å². The van der Waals surface area contributed by atoms with Gasteiger partial charge in [-0.25, -0.2) is 4.79 Å². The van der Waals surface area contributed by atoms with Crippen molar-refractivity contribution in [3.8, 4) is 0 Å². The van der Waals surface area contributed by atoms with Crippen molar-refractivity contribution in [2.24, 2.45) is 10.4 Å². The Morgan fingerprint density at radius 2 is 2.21 bits per heavy atom. The number of amidine groups is 1. The second-order valence-corrected chi connectivity index (χ2v) is 7.10. The number of rotatable bonds is 3. The molecule has 1 rings (SSSR count). The zero-order chi connectivity index (χ0) is 14.5. The van der Waals surface area contributed by atoms with E-state index in [0.29, 0.717) is 19.1 Å². The Bertz CT molecular complexity index is 336. The number of hydrogen-bond donors (Lipinski definition) is 2. The molecule has 1 fully saturated rings. The Labute approximate surface area is 120 Å². The Hall–Kier alpha value is -0.910. The normalized spacial score (nSPS) is 21.9. The molecule has 0 aliphatic carbocycles. The lowest BCUT2D eigenvalue weighted by atomic mass is 9.85. The summed E-state index contributed by atoms with van der Waals surface area (Å²) in [6, 6.07) is 0.404. The number of carbonyl (C=O) groups excluding carboxylic acids is 1. The summed E-state index contributed by atoms with van der Waals surface area (Å²) in [4.78, 5) is 17.4. The van der Waals surface area contributed by atoms with Gasteiger partial charge in [0, 0.05) is 32.4 Å². The van der Waals surface area contributed by atoms with Crippen molar-refractivity contribution >= 4 is 23.0 Å². The average molecular weight is 286 g/mol. The first kappa shape index (κ1) is 16.1. The first-order valence-electron chi connectivity index (χ1n) is 6.69. The number of nitrogens with one attached hydrogen (secondary N) is 2. The van der Waals surface area contributed by atoms with Crippen LogP contribution in [-0.4, -0.2) is 55.1 Å². The number of hydrogen-bond acceptors (Lipinski definition) is 3. The Balaban J connectivity index is 2.35. The largest absolute Gasteiger partial charge is 0.362 e. The molecule has 0 spiro atoms. The molecule has 1 aliphatic heterocycles. The highest BCUT2D eigenvalue weighted by molar-refractivity contribution is 8.13. The molecule has 2 amide bonds. The number of thioether (sulfide) groups is 1. The standard InChI is InChI=1S/C13H26N4OS/c1-13(2,3)10-6-9-19-11(16-10)14-7-8-15-12(18)17(4)5/h10H,6-9H2,1-5H3,(H,14,16)(H,15,18). The van der Waals surface area contributed by atoms with Crippen LogP contribution in [0, 0.1) is 5.41 Å². The molecule has 2 N–H and O–H groups in total. The highest BCUT2D eigenvalue weighted by atomic mass is 32.2. The van der Waals surface area contributed by atoms with Gasteiger partial charge in [-0.05, 0) is 11.8 Å². The predicted octanol–water partition coefficient (Wildman–Crippen LogP) is 1.75. The van der Waals surface area contributed by atoms with Gasteiger partial charge in [-0.3, -0.25) is 4.99 Å². The molecule has 0 aromatic carbocycles. The van der Waals surface area contributed by atoms with E-state index >= 15 is 0 Å². The van der Waals surface area contributed by atoms with Crippen molar-refractivity contribution in [2.75, 3.05) is 32.9 Å². The number of amides is 2. The van der Waals surface area contributed by atoms with Crippen LogP contribution in [0.1, 0.15) is 27.2 Å². The molecular weight excluding hydrogens is 260 g/mol. The molecule has 5 nitrogen and oxygen atoms in total. The third-order valence-electron chi connectivity index (χ3n) is 3.04. The average Bonchev–Trinajstić information content (AvgIpc) is 2.33. The van der Waals surface area contributed by atoms with Gasteiger partial charge in [0.15, 0.2) is 5.17 Å². The summed E-state index contributed by atoms with van der Waals surface area (Å²) in [6.07, 6.45) is 1.17. The van der Waals surface area contributed by atoms with Gasteiger partial charge in [-0.15, -0.1) is 0 Å². The third kappa shape index (κ3) is 5.72. The molecule has 19 heavy (non-hydrogen) atoms. The molecule has 0 radical (unpaired) electrons. The minimum Gasteiger partial charge on any atom is -0.362 e. The summed E-state index contributed by atoms with van der Waals surface area (Å²) in [6.45, 7) is 7.93. The number of urea groups is 1. The second kappa shape index (κ2) is 7.03. The smallest absolute Gasteiger partial charge is 0.316 e. The lowest BCUT2D eigenvalue weighted by Crippen LogP contribution is -2.46. The van der Waals surface area contributed by atoms with Crippen molar-refractivity contribution in [2.45, 2.75) is 33.2 Å². The fraction of sp³-hybridized carbons (Fsp3) is 0.846. The molecule has 1 heterocycles. The van der Waals surface area contributed by atoms with Crippen LogP contribution in [0.2, 0.25) is 0 Å². The molecule has 0 bridgehead atoms. The van der Waals surface area contributed by atoms with Gasteiger partial charge in [-0.2, -0.15) is 0 Å². The molecular formula is C13H26N4OS. The highest BCUT2D eigenvalue weighted by Crippen LogP contribution is 2.27. The fourth-order valence-corrected chi connectivity index (χ4v) is 2.71. The minimum absolute atomic E-state index is 0.0722. The monoisotopic (exact) mass is 286 g/mol. The van der Waals surface area contributed by atoms with Crippen LogP contribution in [-0.2, 0) is 0 Å². The predicted molar refractivity (Wildman–Crippen MR) is 82.8 cm³/mol. The van der Waals surface area contributed by atoms with E-state index in [-0.39, 0.29) is 11.4 Å². The van der Waals surface area contributed by atoms with Crippen LogP contribution in [0.3, 0.4) is 0 Å². The topological polar surface area (TPSA) is 56.7 Å².